The van der Waals surface area contributed by atoms with E-state index in [-0.39, 0.29) is 0 Å². The zero-order valence-electron chi connectivity index (χ0n) is 13.6. The van der Waals surface area contributed by atoms with Crippen LogP contribution in [0.3, 0.4) is 0 Å². The van der Waals surface area contributed by atoms with Gasteiger partial charge >= 0.3 is 0 Å². The molecule has 2 saturated carbocycles. The van der Waals surface area contributed by atoms with Crippen molar-refractivity contribution in [1.82, 2.24) is 5.32 Å². The Hall–Kier alpha value is -0.820. The van der Waals surface area contributed by atoms with Gasteiger partial charge in [0.15, 0.2) is 0 Å². The van der Waals surface area contributed by atoms with Crippen LogP contribution in [-0.4, -0.2) is 6.54 Å². The van der Waals surface area contributed by atoms with E-state index in [9.17, 15) is 0 Å². The highest BCUT2D eigenvalue weighted by Crippen LogP contribution is 2.36. The Balaban J connectivity index is 1.66. The first-order valence-electron chi connectivity index (χ1n) is 9.13. The zero-order chi connectivity index (χ0) is 14.5. The average Bonchev–Trinajstić information content (AvgIpc) is 2.95. The Morgan fingerprint density at radius 3 is 2.38 bits per heavy atom. The maximum atomic E-state index is 3.98. The maximum Gasteiger partial charge on any atom is 0.0348 e. The first kappa shape index (κ1) is 15.1. The second kappa shape index (κ2) is 7.45. The average molecular weight is 285 g/mol. The summed E-state index contributed by atoms with van der Waals surface area (Å²) in [5.41, 5.74) is 1.51. The third kappa shape index (κ3) is 3.88. The van der Waals surface area contributed by atoms with Gasteiger partial charge in [0.2, 0.25) is 0 Å². The Kier molecular flexibility index (Phi) is 5.35. The van der Waals surface area contributed by atoms with Crippen LogP contribution < -0.4 is 5.32 Å². The second-order valence-corrected chi connectivity index (χ2v) is 7.36. The fraction of sp³-hybridized carbons (Fsp3) is 0.700. The third-order valence-electron chi connectivity index (χ3n) is 5.92. The molecule has 21 heavy (non-hydrogen) atoms. The van der Waals surface area contributed by atoms with Crippen LogP contribution in [0.25, 0.3) is 0 Å². The summed E-state index contributed by atoms with van der Waals surface area (Å²) in [5, 5.41) is 3.98. The Morgan fingerprint density at radius 2 is 1.71 bits per heavy atom. The van der Waals surface area contributed by atoms with Gasteiger partial charge in [-0.05, 0) is 49.1 Å². The van der Waals surface area contributed by atoms with Gasteiger partial charge in [-0.1, -0.05) is 69.4 Å². The molecule has 0 radical (unpaired) electrons. The highest BCUT2D eigenvalue weighted by molar-refractivity contribution is 5.20. The molecule has 1 aromatic carbocycles. The molecule has 3 rings (SSSR count). The lowest BCUT2D eigenvalue weighted by Gasteiger charge is -2.33. The first-order valence-corrected chi connectivity index (χ1v) is 9.13. The van der Waals surface area contributed by atoms with Crippen LogP contribution in [0.4, 0.5) is 0 Å². The van der Waals surface area contributed by atoms with E-state index in [0.717, 1.165) is 17.8 Å². The fourth-order valence-electron chi connectivity index (χ4n) is 4.49. The minimum absolute atomic E-state index is 0.583. The van der Waals surface area contributed by atoms with E-state index in [1.54, 1.807) is 0 Å². The standard InChI is InChI=1S/C20H31N/c1-16-9-8-14-19(16)15-21-20(17-10-4-2-5-11-17)18-12-6-3-7-13-18/h2,4-5,10-11,16,18-21H,3,6-9,12-15H2,1H3. The van der Waals surface area contributed by atoms with E-state index in [4.69, 9.17) is 0 Å². The van der Waals surface area contributed by atoms with Gasteiger partial charge in [-0.2, -0.15) is 0 Å². The second-order valence-electron chi connectivity index (χ2n) is 7.36. The highest BCUT2D eigenvalue weighted by Gasteiger charge is 2.28. The molecule has 1 heteroatoms. The zero-order valence-corrected chi connectivity index (χ0v) is 13.6. The predicted molar refractivity (Wildman–Crippen MR) is 90.3 cm³/mol. The molecule has 3 unspecified atom stereocenters. The molecule has 2 aliphatic carbocycles. The molecular weight excluding hydrogens is 254 g/mol. The van der Waals surface area contributed by atoms with E-state index >= 15 is 0 Å². The molecule has 0 saturated heterocycles. The van der Waals surface area contributed by atoms with Gasteiger partial charge < -0.3 is 5.32 Å². The van der Waals surface area contributed by atoms with Gasteiger partial charge in [-0.25, -0.2) is 0 Å². The lowest BCUT2D eigenvalue weighted by atomic mass is 9.81. The van der Waals surface area contributed by atoms with Crippen molar-refractivity contribution < 1.29 is 0 Å². The summed E-state index contributed by atoms with van der Waals surface area (Å²) >= 11 is 0. The van der Waals surface area contributed by atoms with Gasteiger partial charge in [-0.3, -0.25) is 0 Å². The summed E-state index contributed by atoms with van der Waals surface area (Å²) in [6.45, 7) is 3.66. The Labute approximate surface area is 130 Å². The summed E-state index contributed by atoms with van der Waals surface area (Å²) in [6.07, 6.45) is 11.4. The number of nitrogens with one attached hydrogen (secondary N) is 1. The molecule has 116 valence electrons. The first-order chi connectivity index (χ1) is 10.3. The maximum absolute atomic E-state index is 3.98. The van der Waals surface area contributed by atoms with Crippen molar-refractivity contribution >= 4 is 0 Å². The van der Waals surface area contributed by atoms with Crippen LogP contribution in [0.1, 0.15) is 69.9 Å². The van der Waals surface area contributed by atoms with Crippen molar-refractivity contribution in [3.8, 4) is 0 Å². The van der Waals surface area contributed by atoms with Crippen molar-refractivity contribution in [3.63, 3.8) is 0 Å². The normalized spacial score (nSPS) is 28.6. The van der Waals surface area contributed by atoms with Crippen molar-refractivity contribution in [1.29, 1.82) is 0 Å². The van der Waals surface area contributed by atoms with Crippen LogP contribution >= 0.6 is 0 Å². The monoisotopic (exact) mass is 285 g/mol. The van der Waals surface area contributed by atoms with Gasteiger partial charge in [0.25, 0.3) is 0 Å². The van der Waals surface area contributed by atoms with Crippen molar-refractivity contribution in [2.45, 2.75) is 64.3 Å². The summed E-state index contributed by atoms with van der Waals surface area (Å²) in [7, 11) is 0. The van der Waals surface area contributed by atoms with Crippen molar-refractivity contribution in [2.24, 2.45) is 17.8 Å². The summed E-state index contributed by atoms with van der Waals surface area (Å²) in [4.78, 5) is 0. The highest BCUT2D eigenvalue weighted by atomic mass is 14.9. The van der Waals surface area contributed by atoms with Crippen molar-refractivity contribution in [3.05, 3.63) is 35.9 Å². The number of hydrogen-bond donors (Lipinski definition) is 1. The number of hydrogen-bond acceptors (Lipinski definition) is 1. The SMILES string of the molecule is CC1CCCC1CNC(c1ccccc1)C1CCCCC1. The Morgan fingerprint density at radius 1 is 0.952 bits per heavy atom. The fourth-order valence-corrected chi connectivity index (χ4v) is 4.49. The molecule has 0 aromatic heterocycles. The minimum atomic E-state index is 0.583. The molecule has 1 nitrogen and oxygen atoms in total. The molecule has 3 atom stereocenters. The lowest BCUT2D eigenvalue weighted by molar-refractivity contribution is 0.253. The quantitative estimate of drug-likeness (QED) is 0.770. The molecule has 2 aliphatic rings. The van der Waals surface area contributed by atoms with Crippen molar-refractivity contribution in [2.75, 3.05) is 6.54 Å². The largest absolute Gasteiger partial charge is 0.309 e. The van der Waals surface area contributed by atoms with Crippen LogP contribution in [0.5, 0.6) is 0 Å². The van der Waals surface area contributed by atoms with Gasteiger partial charge in [0.1, 0.15) is 0 Å². The molecule has 2 fully saturated rings. The summed E-state index contributed by atoms with van der Waals surface area (Å²) in [5.74, 6) is 2.66. The van der Waals surface area contributed by atoms with Gasteiger partial charge in [0, 0.05) is 6.04 Å². The van der Waals surface area contributed by atoms with Crippen LogP contribution in [-0.2, 0) is 0 Å². The van der Waals surface area contributed by atoms with E-state index in [2.05, 4.69) is 42.6 Å². The van der Waals surface area contributed by atoms with Gasteiger partial charge in [0.05, 0.1) is 0 Å². The molecule has 0 bridgehead atoms. The van der Waals surface area contributed by atoms with E-state index < -0.39 is 0 Å². The number of benzene rings is 1. The summed E-state index contributed by atoms with van der Waals surface area (Å²) < 4.78 is 0. The smallest absolute Gasteiger partial charge is 0.0348 e. The third-order valence-corrected chi connectivity index (χ3v) is 5.92. The Bertz CT molecular complexity index is 407. The van der Waals surface area contributed by atoms with Crippen LogP contribution in [0.2, 0.25) is 0 Å². The van der Waals surface area contributed by atoms with Gasteiger partial charge in [-0.15, -0.1) is 0 Å². The number of rotatable bonds is 5. The minimum Gasteiger partial charge on any atom is -0.309 e. The topological polar surface area (TPSA) is 12.0 Å². The van der Waals surface area contributed by atoms with E-state index in [0.29, 0.717) is 6.04 Å². The molecular formula is C20H31N. The lowest BCUT2D eigenvalue weighted by Crippen LogP contribution is -2.34. The van der Waals surface area contributed by atoms with Crippen LogP contribution in [0.15, 0.2) is 30.3 Å². The molecule has 0 amide bonds. The van der Waals surface area contributed by atoms with E-state index in [1.165, 1.54) is 63.5 Å². The molecule has 1 aromatic rings. The van der Waals surface area contributed by atoms with E-state index in [1.807, 2.05) is 0 Å². The van der Waals surface area contributed by atoms with Crippen LogP contribution in [0, 0.1) is 17.8 Å². The summed E-state index contributed by atoms with van der Waals surface area (Å²) in [6, 6.07) is 11.8. The molecule has 1 N–H and O–H groups in total. The predicted octanol–water partition coefficient (Wildman–Crippen LogP) is 5.33. The molecule has 0 aliphatic heterocycles. The molecule has 0 heterocycles. The molecule has 0 spiro atoms.